The highest BCUT2D eigenvalue weighted by Crippen LogP contribution is 1.95. The monoisotopic (exact) mass is 148 g/mol. The van der Waals surface area contributed by atoms with Crippen molar-refractivity contribution in [2.45, 2.75) is 13.0 Å². The Morgan fingerprint density at radius 1 is 2.00 bits per heavy atom. The van der Waals surface area contributed by atoms with Gasteiger partial charge in [-0.3, -0.25) is 4.79 Å². The predicted octanol–water partition coefficient (Wildman–Crippen LogP) is 1.34. The van der Waals surface area contributed by atoms with Crippen LogP contribution in [0, 0.1) is 0 Å². The van der Waals surface area contributed by atoms with E-state index in [2.05, 4.69) is 6.58 Å². The number of hydrogen-bond donors (Lipinski definition) is 0. The summed E-state index contributed by atoms with van der Waals surface area (Å²) in [6.45, 7) is 5.37. The highest BCUT2D eigenvalue weighted by atomic mass is 35.5. The molecule has 0 aromatic carbocycles. The molecule has 0 aliphatic carbocycles. The first-order chi connectivity index (χ1) is 4.18. The third-order valence-corrected chi connectivity index (χ3v) is 1.09. The van der Waals surface area contributed by atoms with Gasteiger partial charge in [-0.1, -0.05) is 6.08 Å². The maximum atomic E-state index is 10.3. The molecule has 2 nitrogen and oxygen atoms in total. The zero-order chi connectivity index (χ0) is 7.28. The number of carbonyl (C=O) groups excluding carboxylic acids is 1. The average Bonchev–Trinajstić information content (AvgIpc) is 1.82. The SMILES string of the molecule is C=CCO[C@@H](C)C(=O)Cl. The third kappa shape index (κ3) is 4.18. The number of ether oxygens (including phenoxy) is 1. The van der Waals surface area contributed by atoms with E-state index in [-0.39, 0.29) is 0 Å². The van der Waals surface area contributed by atoms with Gasteiger partial charge in [-0.05, 0) is 18.5 Å². The highest BCUT2D eigenvalue weighted by molar-refractivity contribution is 6.64. The normalized spacial score (nSPS) is 12.7. The Kier molecular flexibility index (Phi) is 4.36. The Hall–Kier alpha value is -0.340. The van der Waals surface area contributed by atoms with Crippen LogP contribution in [0.15, 0.2) is 12.7 Å². The van der Waals surface area contributed by atoms with Crippen LogP contribution >= 0.6 is 11.6 Å². The van der Waals surface area contributed by atoms with Gasteiger partial charge in [-0.2, -0.15) is 0 Å². The second-order valence-electron chi connectivity index (χ2n) is 1.57. The predicted molar refractivity (Wildman–Crippen MR) is 36.5 cm³/mol. The van der Waals surface area contributed by atoms with Crippen molar-refractivity contribution in [3.05, 3.63) is 12.7 Å². The molecule has 52 valence electrons. The number of rotatable bonds is 4. The fourth-order valence-electron chi connectivity index (χ4n) is 0.278. The average molecular weight is 149 g/mol. The number of hydrogen-bond acceptors (Lipinski definition) is 2. The van der Waals surface area contributed by atoms with Crippen molar-refractivity contribution in [3.8, 4) is 0 Å². The number of halogens is 1. The third-order valence-electron chi connectivity index (χ3n) is 0.784. The zero-order valence-corrected chi connectivity index (χ0v) is 6.02. The number of carbonyl (C=O) groups is 1. The summed E-state index contributed by atoms with van der Waals surface area (Å²) in [5.41, 5.74) is 0. The van der Waals surface area contributed by atoms with E-state index in [0.29, 0.717) is 6.61 Å². The van der Waals surface area contributed by atoms with Crippen LogP contribution in [-0.2, 0) is 9.53 Å². The molecule has 0 spiro atoms. The van der Waals surface area contributed by atoms with Crippen molar-refractivity contribution in [2.24, 2.45) is 0 Å². The molecule has 0 saturated heterocycles. The molecule has 0 rings (SSSR count). The molecule has 1 atom stereocenters. The van der Waals surface area contributed by atoms with E-state index in [0.717, 1.165) is 0 Å². The molecule has 0 fully saturated rings. The van der Waals surface area contributed by atoms with Gasteiger partial charge in [0.15, 0.2) is 0 Å². The van der Waals surface area contributed by atoms with Crippen molar-refractivity contribution in [1.29, 1.82) is 0 Å². The van der Waals surface area contributed by atoms with Crippen LogP contribution in [0.3, 0.4) is 0 Å². The standard InChI is InChI=1S/C6H9ClO2/c1-3-4-9-5(2)6(7)8/h3,5H,1,4H2,2H3/t5-/m0/s1. The van der Waals surface area contributed by atoms with Gasteiger partial charge in [-0.25, -0.2) is 0 Å². The van der Waals surface area contributed by atoms with E-state index in [4.69, 9.17) is 16.3 Å². The lowest BCUT2D eigenvalue weighted by Gasteiger charge is -2.03. The fraction of sp³-hybridized carbons (Fsp3) is 0.500. The molecule has 0 amide bonds. The van der Waals surface area contributed by atoms with Crippen LogP contribution in [0.2, 0.25) is 0 Å². The molecule has 0 bridgehead atoms. The first kappa shape index (κ1) is 8.66. The van der Waals surface area contributed by atoms with Crippen LogP contribution in [0.1, 0.15) is 6.92 Å². The minimum atomic E-state index is -0.523. The van der Waals surface area contributed by atoms with Crippen molar-refractivity contribution in [2.75, 3.05) is 6.61 Å². The van der Waals surface area contributed by atoms with Gasteiger partial charge in [0.2, 0.25) is 5.24 Å². The van der Waals surface area contributed by atoms with E-state index in [1.807, 2.05) is 0 Å². The molecular weight excluding hydrogens is 140 g/mol. The van der Waals surface area contributed by atoms with Crippen molar-refractivity contribution >= 4 is 16.8 Å². The van der Waals surface area contributed by atoms with Gasteiger partial charge in [0, 0.05) is 0 Å². The smallest absolute Gasteiger partial charge is 0.250 e. The van der Waals surface area contributed by atoms with Gasteiger partial charge >= 0.3 is 0 Å². The maximum absolute atomic E-state index is 10.3. The molecule has 0 aliphatic heterocycles. The summed E-state index contributed by atoms with van der Waals surface area (Å²) in [6.07, 6.45) is 1.04. The highest BCUT2D eigenvalue weighted by Gasteiger charge is 2.07. The molecule has 0 aromatic heterocycles. The first-order valence-electron chi connectivity index (χ1n) is 2.60. The Bertz CT molecular complexity index is 112. The largest absolute Gasteiger partial charge is 0.365 e. The van der Waals surface area contributed by atoms with E-state index in [1.54, 1.807) is 13.0 Å². The molecule has 0 N–H and O–H groups in total. The minimum Gasteiger partial charge on any atom is -0.365 e. The lowest BCUT2D eigenvalue weighted by molar-refractivity contribution is -0.120. The van der Waals surface area contributed by atoms with E-state index in [1.165, 1.54) is 0 Å². The molecule has 0 heterocycles. The van der Waals surface area contributed by atoms with Crippen molar-refractivity contribution in [3.63, 3.8) is 0 Å². The molecule has 3 heteroatoms. The van der Waals surface area contributed by atoms with Gasteiger partial charge in [0.25, 0.3) is 0 Å². The lowest BCUT2D eigenvalue weighted by Crippen LogP contribution is -2.15. The summed E-state index contributed by atoms with van der Waals surface area (Å²) in [6, 6.07) is 0. The van der Waals surface area contributed by atoms with Gasteiger partial charge in [0.1, 0.15) is 6.10 Å². The summed E-state index contributed by atoms with van der Waals surface area (Å²) in [5, 5.41) is -0.475. The van der Waals surface area contributed by atoms with E-state index >= 15 is 0 Å². The van der Waals surface area contributed by atoms with E-state index in [9.17, 15) is 4.79 Å². The van der Waals surface area contributed by atoms with Crippen LogP contribution in [-0.4, -0.2) is 18.0 Å². The van der Waals surface area contributed by atoms with Crippen LogP contribution in [0.5, 0.6) is 0 Å². The summed E-state index contributed by atoms with van der Waals surface area (Å²) in [4.78, 5) is 10.3. The van der Waals surface area contributed by atoms with Crippen LogP contribution in [0.4, 0.5) is 0 Å². The lowest BCUT2D eigenvalue weighted by atomic mass is 10.4. The quantitative estimate of drug-likeness (QED) is 0.444. The zero-order valence-electron chi connectivity index (χ0n) is 5.26. The Morgan fingerprint density at radius 3 is 2.89 bits per heavy atom. The molecule has 9 heavy (non-hydrogen) atoms. The second kappa shape index (κ2) is 4.53. The van der Waals surface area contributed by atoms with Crippen LogP contribution in [0.25, 0.3) is 0 Å². The second-order valence-corrected chi connectivity index (χ2v) is 1.94. The van der Waals surface area contributed by atoms with Gasteiger partial charge in [0.05, 0.1) is 6.61 Å². The summed E-state index contributed by atoms with van der Waals surface area (Å²) in [5.74, 6) is 0. The molecule has 0 unspecified atom stereocenters. The maximum Gasteiger partial charge on any atom is 0.250 e. The Balaban J connectivity index is 3.37. The molecule has 0 aliphatic rings. The van der Waals surface area contributed by atoms with Gasteiger partial charge in [-0.15, -0.1) is 6.58 Å². The summed E-state index contributed by atoms with van der Waals surface area (Å²) in [7, 11) is 0. The molecular formula is C6H9ClO2. The van der Waals surface area contributed by atoms with Crippen LogP contribution < -0.4 is 0 Å². The van der Waals surface area contributed by atoms with E-state index < -0.39 is 11.3 Å². The minimum absolute atomic E-state index is 0.361. The summed E-state index contributed by atoms with van der Waals surface area (Å²) >= 11 is 5.07. The molecule has 0 aromatic rings. The first-order valence-corrected chi connectivity index (χ1v) is 2.98. The van der Waals surface area contributed by atoms with Crippen molar-refractivity contribution < 1.29 is 9.53 Å². The molecule has 0 saturated carbocycles. The molecule has 0 radical (unpaired) electrons. The Morgan fingerprint density at radius 2 is 2.56 bits per heavy atom. The Labute approximate surface area is 59.5 Å². The summed E-state index contributed by atoms with van der Waals surface area (Å²) < 4.78 is 4.85. The topological polar surface area (TPSA) is 26.3 Å². The van der Waals surface area contributed by atoms with Gasteiger partial charge < -0.3 is 4.74 Å². The fourth-order valence-corrected chi connectivity index (χ4v) is 0.341. The van der Waals surface area contributed by atoms with Crippen molar-refractivity contribution in [1.82, 2.24) is 0 Å².